The first kappa shape index (κ1) is 20.3. The average Bonchev–Trinajstić information content (AvgIpc) is 2.66. The van der Waals surface area contributed by atoms with Gasteiger partial charge in [0.25, 0.3) is 5.56 Å². The van der Waals surface area contributed by atoms with Crippen molar-refractivity contribution in [3.63, 3.8) is 0 Å². The predicted octanol–water partition coefficient (Wildman–Crippen LogP) is 5.03. The molecule has 0 N–H and O–H groups in total. The normalized spacial score (nSPS) is 12.0. The van der Waals surface area contributed by atoms with Gasteiger partial charge in [0.05, 0.1) is 23.7 Å². The van der Waals surface area contributed by atoms with Gasteiger partial charge in [-0.15, -0.1) is 0 Å². The fourth-order valence-electron chi connectivity index (χ4n) is 2.68. The molecule has 0 aliphatic rings. The monoisotopic (exact) mass is 441 g/mol. The second-order valence-corrected chi connectivity index (χ2v) is 8.71. The summed E-state index contributed by atoms with van der Waals surface area (Å²) in [6, 6.07) is 13.2. The summed E-state index contributed by atoms with van der Waals surface area (Å²) in [7, 11) is 0. The van der Waals surface area contributed by atoms with Gasteiger partial charge in [0.1, 0.15) is 11.6 Å². The number of para-hydroxylation sites is 1. The maximum atomic E-state index is 13.0. The third-order valence-corrected chi connectivity index (χ3v) is 4.58. The minimum atomic E-state index is -0.188. The second kappa shape index (κ2) is 8.27. The molecule has 0 atom stereocenters. The Hall–Kier alpha value is -2.47. The maximum absolute atomic E-state index is 13.0. The van der Waals surface area contributed by atoms with Gasteiger partial charge in [-0.1, -0.05) is 55.8 Å². The average molecular weight is 442 g/mol. The summed E-state index contributed by atoms with van der Waals surface area (Å²) in [6.45, 7) is 8.91. The Balaban J connectivity index is 2.02. The number of aryl methyl sites for hydroxylation is 1. The van der Waals surface area contributed by atoms with E-state index in [1.807, 2.05) is 43.3 Å². The zero-order valence-corrected chi connectivity index (χ0v) is 18.2. The van der Waals surface area contributed by atoms with E-state index in [1.165, 1.54) is 4.68 Å². The zero-order chi connectivity index (χ0) is 20.3. The highest BCUT2D eigenvalue weighted by Crippen LogP contribution is 2.21. The van der Waals surface area contributed by atoms with E-state index in [0.717, 1.165) is 15.8 Å². The molecule has 0 radical (unpaired) electrons. The molecular weight excluding hydrogens is 418 g/mol. The molecule has 0 aliphatic carbocycles. The fourth-order valence-corrected chi connectivity index (χ4v) is 3.04. The minimum absolute atomic E-state index is 0.0478. The molecule has 0 spiro atoms. The standard InChI is InChI=1S/C22H24BrN3O2/c1-5-20-25-18-11-10-16(23)12-17(18)21(27)26(20)24-13-15-8-6-7-9-19(15)28-14-22(2,3)4/h6-13H,5,14H2,1-4H3. The topological polar surface area (TPSA) is 56.5 Å². The molecule has 0 aliphatic heterocycles. The highest BCUT2D eigenvalue weighted by molar-refractivity contribution is 9.10. The zero-order valence-electron chi connectivity index (χ0n) is 16.6. The summed E-state index contributed by atoms with van der Waals surface area (Å²) in [4.78, 5) is 17.6. The fraction of sp³-hybridized carbons (Fsp3) is 0.318. The summed E-state index contributed by atoms with van der Waals surface area (Å²) in [6.07, 6.45) is 2.25. The molecule has 0 saturated carbocycles. The number of benzene rings is 2. The number of rotatable bonds is 5. The number of fused-ring (bicyclic) bond motifs is 1. The van der Waals surface area contributed by atoms with Crippen LogP contribution >= 0.6 is 15.9 Å². The van der Waals surface area contributed by atoms with Crippen molar-refractivity contribution < 1.29 is 4.74 Å². The van der Waals surface area contributed by atoms with Gasteiger partial charge in [-0.25, -0.2) is 4.98 Å². The highest BCUT2D eigenvalue weighted by atomic mass is 79.9. The molecule has 0 unspecified atom stereocenters. The van der Waals surface area contributed by atoms with E-state index in [0.29, 0.717) is 29.8 Å². The van der Waals surface area contributed by atoms with Gasteiger partial charge in [-0.05, 0) is 35.7 Å². The van der Waals surface area contributed by atoms with Gasteiger partial charge < -0.3 is 4.74 Å². The van der Waals surface area contributed by atoms with Crippen molar-refractivity contribution >= 4 is 33.0 Å². The lowest BCUT2D eigenvalue weighted by Gasteiger charge is -2.19. The first-order valence-corrected chi connectivity index (χ1v) is 10.0. The lowest BCUT2D eigenvalue weighted by atomic mass is 9.99. The molecular formula is C22H24BrN3O2. The van der Waals surface area contributed by atoms with Crippen molar-refractivity contribution in [2.75, 3.05) is 6.61 Å². The largest absolute Gasteiger partial charge is 0.492 e. The van der Waals surface area contributed by atoms with Crippen molar-refractivity contribution in [3.8, 4) is 5.75 Å². The Morgan fingerprint density at radius 3 is 2.68 bits per heavy atom. The molecule has 28 heavy (non-hydrogen) atoms. The van der Waals surface area contributed by atoms with Crippen LogP contribution in [0.25, 0.3) is 10.9 Å². The van der Waals surface area contributed by atoms with Gasteiger partial charge in [0.15, 0.2) is 0 Å². The van der Waals surface area contributed by atoms with Gasteiger partial charge in [0.2, 0.25) is 0 Å². The summed E-state index contributed by atoms with van der Waals surface area (Å²) in [5, 5.41) is 4.98. The first-order valence-electron chi connectivity index (χ1n) is 9.26. The van der Waals surface area contributed by atoms with Crippen LogP contribution in [0.3, 0.4) is 0 Å². The van der Waals surface area contributed by atoms with Crippen LogP contribution in [0.2, 0.25) is 0 Å². The Kier molecular flexibility index (Phi) is 5.98. The van der Waals surface area contributed by atoms with Crippen LogP contribution in [0, 0.1) is 5.41 Å². The van der Waals surface area contributed by atoms with Crippen LogP contribution in [0.5, 0.6) is 5.75 Å². The predicted molar refractivity (Wildman–Crippen MR) is 117 cm³/mol. The molecule has 3 rings (SSSR count). The Morgan fingerprint density at radius 1 is 1.21 bits per heavy atom. The van der Waals surface area contributed by atoms with Crippen molar-refractivity contribution in [1.82, 2.24) is 9.66 Å². The van der Waals surface area contributed by atoms with Crippen molar-refractivity contribution in [3.05, 3.63) is 68.7 Å². The van der Waals surface area contributed by atoms with E-state index in [1.54, 1.807) is 12.3 Å². The summed E-state index contributed by atoms with van der Waals surface area (Å²) in [5.74, 6) is 1.35. The van der Waals surface area contributed by atoms with Gasteiger partial charge in [0, 0.05) is 16.5 Å². The molecule has 146 valence electrons. The van der Waals surface area contributed by atoms with Crippen molar-refractivity contribution in [1.29, 1.82) is 0 Å². The van der Waals surface area contributed by atoms with Crippen molar-refractivity contribution in [2.24, 2.45) is 10.5 Å². The van der Waals surface area contributed by atoms with Crippen molar-refractivity contribution in [2.45, 2.75) is 34.1 Å². The van der Waals surface area contributed by atoms with Gasteiger partial charge in [-0.2, -0.15) is 9.78 Å². The molecule has 3 aromatic rings. The maximum Gasteiger partial charge on any atom is 0.282 e. The Labute approximate surface area is 173 Å². The summed E-state index contributed by atoms with van der Waals surface area (Å²) >= 11 is 3.41. The number of aromatic nitrogens is 2. The van der Waals surface area contributed by atoms with Crippen LogP contribution in [0.15, 0.2) is 56.8 Å². The highest BCUT2D eigenvalue weighted by Gasteiger charge is 2.13. The van der Waals surface area contributed by atoms with E-state index in [9.17, 15) is 4.79 Å². The number of nitrogens with zero attached hydrogens (tertiary/aromatic N) is 3. The second-order valence-electron chi connectivity index (χ2n) is 7.79. The Morgan fingerprint density at radius 2 is 1.96 bits per heavy atom. The molecule has 0 amide bonds. The number of halogens is 1. The van der Waals surface area contributed by atoms with E-state index in [4.69, 9.17) is 4.74 Å². The summed E-state index contributed by atoms with van der Waals surface area (Å²) < 4.78 is 8.17. The van der Waals surface area contributed by atoms with E-state index < -0.39 is 0 Å². The summed E-state index contributed by atoms with van der Waals surface area (Å²) in [5.41, 5.74) is 1.35. The first-order chi connectivity index (χ1) is 13.3. The lowest BCUT2D eigenvalue weighted by Crippen LogP contribution is -2.22. The smallest absolute Gasteiger partial charge is 0.282 e. The molecule has 0 bridgehead atoms. The van der Waals surface area contributed by atoms with Gasteiger partial charge in [-0.3, -0.25) is 4.79 Å². The molecule has 0 fully saturated rings. The van der Waals surface area contributed by atoms with Crippen LogP contribution in [0.4, 0.5) is 0 Å². The van der Waals surface area contributed by atoms with Crippen LogP contribution in [-0.4, -0.2) is 22.5 Å². The Bertz CT molecular complexity index is 1080. The van der Waals surface area contributed by atoms with Crippen LogP contribution in [0.1, 0.15) is 39.1 Å². The lowest BCUT2D eigenvalue weighted by molar-refractivity contribution is 0.197. The quantitative estimate of drug-likeness (QED) is 0.521. The SMILES string of the molecule is CCc1nc2ccc(Br)cc2c(=O)n1N=Cc1ccccc1OCC(C)(C)C. The van der Waals surface area contributed by atoms with E-state index >= 15 is 0 Å². The van der Waals surface area contributed by atoms with E-state index in [2.05, 4.69) is 46.8 Å². The molecule has 0 saturated heterocycles. The van der Waals surface area contributed by atoms with Crippen LogP contribution in [-0.2, 0) is 6.42 Å². The van der Waals surface area contributed by atoms with E-state index in [-0.39, 0.29) is 11.0 Å². The van der Waals surface area contributed by atoms with Crippen LogP contribution < -0.4 is 10.3 Å². The number of hydrogen-bond acceptors (Lipinski definition) is 4. The number of ether oxygens (including phenoxy) is 1. The third kappa shape index (κ3) is 4.68. The molecule has 2 aromatic carbocycles. The molecule has 1 heterocycles. The molecule has 6 heteroatoms. The molecule has 1 aromatic heterocycles. The molecule has 5 nitrogen and oxygen atoms in total. The minimum Gasteiger partial charge on any atom is -0.492 e. The number of hydrogen-bond donors (Lipinski definition) is 0. The third-order valence-electron chi connectivity index (χ3n) is 4.08. The van der Waals surface area contributed by atoms with Gasteiger partial charge >= 0.3 is 0 Å².